The zero-order chi connectivity index (χ0) is 20.4. The number of aldehydes is 1. The van der Waals surface area contributed by atoms with Gasteiger partial charge in [0.05, 0.1) is 11.3 Å². The summed E-state index contributed by atoms with van der Waals surface area (Å²) >= 11 is 1.20. The molecule has 0 aliphatic heterocycles. The van der Waals surface area contributed by atoms with E-state index in [9.17, 15) is 18.0 Å². The summed E-state index contributed by atoms with van der Waals surface area (Å²) in [7, 11) is 1.93. The molecule has 1 heterocycles. The van der Waals surface area contributed by atoms with Crippen LogP contribution in [0.5, 0.6) is 0 Å². The number of nitrogens with one attached hydrogen (secondary N) is 1. The van der Waals surface area contributed by atoms with Crippen LogP contribution in [0.1, 0.15) is 18.1 Å². The van der Waals surface area contributed by atoms with Gasteiger partial charge < -0.3 is 11.1 Å². The molecular weight excluding hydrogens is 377 g/mol. The van der Waals surface area contributed by atoms with E-state index < -0.39 is 11.7 Å². The van der Waals surface area contributed by atoms with Crippen LogP contribution < -0.4 is 11.1 Å². The van der Waals surface area contributed by atoms with Gasteiger partial charge in [-0.1, -0.05) is 25.1 Å². The highest BCUT2D eigenvalue weighted by Crippen LogP contribution is 2.39. The Balaban J connectivity index is 0.000000828. The van der Waals surface area contributed by atoms with Crippen molar-refractivity contribution in [2.75, 3.05) is 25.6 Å². The quantitative estimate of drug-likeness (QED) is 0.344. The molecule has 9 heteroatoms. The molecular formula is C18H21F3N4OS. The number of halogens is 3. The van der Waals surface area contributed by atoms with Crippen molar-refractivity contribution in [3.05, 3.63) is 41.5 Å². The molecule has 2 rings (SSSR count). The third-order valence-corrected chi connectivity index (χ3v) is 4.00. The van der Waals surface area contributed by atoms with Crippen molar-refractivity contribution in [3.8, 4) is 11.3 Å². The standard InChI is InChI=1S/C15H12F3N3OS.C3H9N/c1-23-13-10(6-4-8-22)12(20-14(19)21-13)9-5-2-3-7-11(9)15(16,17)18;1-3-4-2/h2-8H,1H3,(H2,19,20,21);4H,3H2,1-2H3/b6-4+;. The molecule has 1 aromatic carbocycles. The first-order valence-corrected chi connectivity index (χ1v) is 9.17. The molecule has 0 saturated heterocycles. The number of hydrogen-bond donors (Lipinski definition) is 2. The lowest BCUT2D eigenvalue weighted by Gasteiger charge is -2.15. The Morgan fingerprint density at radius 3 is 2.41 bits per heavy atom. The molecule has 3 N–H and O–H groups in total. The van der Waals surface area contributed by atoms with Crippen molar-refractivity contribution < 1.29 is 18.0 Å². The van der Waals surface area contributed by atoms with Crippen molar-refractivity contribution in [1.29, 1.82) is 0 Å². The zero-order valence-electron chi connectivity index (χ0n) is 15.2. The van der Waals surface area contributed by atoms with Gasteiger partial charge in [-0.15, -0.1) is 11.8 Å². The number of benzene rings is 1. The van der Waals surface area contributed by atoms with E-state index in [2.05, 4.69) is 22.2 Å². The number of thioether (sulfide) groups is 1. The van der Waals surface area contributed by atoms with Gasteiger partial charge in [-0.05, 0) is 38.1 Å². The summed E-state index contributed by atoms with van der Waals surface area (Å²) < 4.78 is 39.7. The third kappa shape index (κ3) is 6.37. The second-order valence-corrected chi connectivity index (χ2v) is 5.89. The lowest BCUT2D eigenvalue weighted by Crippen LogP contribution is -2.09. The minimum Gasteiger partial charge on any atom is -0.368 e. The molecule has 0 aliphatic carbocycles. The van der Waals surface area contributed by atoms with Crippen LogP contribution in [0.3, 0.4) is 0 Å². The van der Waals surface area contributed by atoms with Gasteiger partial charge in [0.1, 0.15) is 11.3 Å². The van der Waals surface area contributed by atoms with E-state index >= 15 is 0 Å². The summed E-state index contributed by atoms with van der Waals surface area (Å²) in [5.41, 5.74) is 5.03. The number of rotatable bonds is 5. The number of carbonyl (C=O) groups is 1. The fourth-order valence-corrected chi connectivity index (χ4v) is 2.62. The van der Waals surface area contributed by atoms with Crippen molar-refractivity contribution in [2.45, 2.75) is 18.1 Å². The van der Waals surface area contributed by atoms with Gasteiger partial charge in [0, 0.05) is 11.1 Å². The van der Waals surface area contributed by atoms with E-state index in [0.717, 1.165) is 12.6 Å². The second-order valence-electron chi connectivity index (χ2n) is 5.10. The van der Waals surface area contributed by atoms with Crippen LogP contribution in [0.2, 0.25) is 0 Å². The Labute approximate surface area is 160 Å². The maximum Gasteiger partial charge on any atom is 0.417 e. The largest absolute Gasteiger partial charge is 0.417 e. The number of hydrogen-bond acceptors (Lipinski definition) is 6. The number of nitrogen functional groups attached to an aromatic ring is 1. The smallest absolute Gasteiger partial charge is 0.368 e. The Hall–Kier alpha value is -2.39. The van der Waals surface area contributed by atoms with Gasteiger partial charge >= 0.3 is 6.18 Å². The van der Waals surface area contributed by atoms with Crippen LogP contribution in [0, 0.1) is 0 Å². The molecule has 0 radical (unpaired) electrons. The van der Waals surface area contributed by atoms with Crippen LogP contribution >= 0.6 is 11.8 Å². The molecule has 0 aliphatic rings. The van der Waals surface area contributed by atoms with Crippen molar-refractivity contribution >= 4 is 30.1 Å². The summed E-state index contributed by atoms with van der Waals surface area (Å²) in [5, 5.41) is 3.32. The van der Waals surface area contributed by atoms with Gasteiger partial charge in [-0.2, -0.15) is 13.2 Å². The minimum absolute atomic E-state index is 0.0351. The first kappa shape index (κ1) is 22.7. The highest BCUT2D eigenvalue weighted by Gasteiger charge is 2.34. The average molecular weight is 398 g/mol. The summed E-state index contributed by atoms with van der Waals surface area (Å²) in [6.07, 6.45) is 0.246. The molecule has 5 nitrogen and oxygen atoms in total. The van der Waals surface area contributed by atoms with Crippen LogP contribution in [0.25, 0.3) is 17.3 Å². The molecule has 146 valence electrons. The molecule has 0 fully saturated rings. The number of carbonyl (C=O) groups excluding carboxylic acids is 1. The number of nitrogens with zero attached hydrogens (tertiary/aromatic N) is 2. The van der Waals surface area contributed by atoms with E-state index in [1.165, 1.54) is 42.1 Å². The molecule has 2 aromatic rings. The van der Waals surface area contributed by atoms with Crippen molar-refractivity contribution in [3.63, 3.8) is 0 Å². The molecule has 0 bridgehead atoms. The number of alkyl halides is 3. The van der Waals surface area contributed by atoms with Crippen LogP contribution in [0.15, 0.2) is 35.4 Å². The number of allylic oxidation sites excluding steroid dienone is 1. The molecule has 0 unspecified atom stereocenters. The molecule has 0 amide bonds. The molecule has 27 heavy (non-hydrogen) atoms. The highest BCUT2D eigenvalue weighted by molar-refractivity contribution is 7.98. The first-order chi connectivity index (χ1) is 12.8. The number of anilines is 1. The molecule has 0 saturated carbocycles. The second kappa shape index (κ2) is 10.7. The summed E-state index contributed by atoms with van der Waals surface area (Å²) in [5.74, 6) is -0.135. The van der Waals surface area contributed by atoms with E-state index in [-0.39, 0.29) is 17.2 Å². The molecule has 1 aromatic heterocycles. The van der Waals surface area contributed by atoms with E-state index in [4.69, 9.17) is 5.73 Å². The van der Waals surface area contributed by atoms with Gasteiger partial charge in [0.25, 0.3) is 0 Å². The number of nitrogens with two attached hydrogens (primary N) is 1. The predicted octanol–water partition coefficient (Wildman–Crippen LogP) is 3.90. The topological polar surface area (TPSA) is 80.9 Å². The molecule has 0 atom stereocenters. The monoisotopic (exact) mass is 398 g/mol. The summed E-state index contributed by atoms with van der Waals surface area (Å²) in [6, 6.07) is 5.06. The first-order valence-electron chi connectivity index (χ1n) is 7.94. The maximum atomic E-state index is 13.2. The van der Waals surface area contributed by atoms with Gasteiger partial charge in [0.15, 0.2) is 0 Å². The average Bonchev–Trinajstić information content (AvgIpc) is 2.65. The Bertz CT molecular complexity index is 793. The third-order valence-electron chi connectivity index (χ3n) is 3.30. The van der Waals surface area contributed by atoms with Gasteiger partial charge in [-0.25, -0.2) is 9.97 Å². The van der Waals surface area contributed by atoms with Crippen LogP contribution in [-0.4, -0.2) is 36.1 Å². The minimum atomic E-state index is -4.54. The summed E-state index contributed by atoms with van der Waals surface area (Å²) in [4.78, 5) is 18.5. The highest BCUT2D eigenvalue weighted by atomic mass is 32.2. The SMILES string of the molecule is CCNC.CSc1nc(N)nc(-c2ccccc2C(F)(F)F)c1/C=C/C=O. The summed E-state index contributed by atoms with van der Waals surface area (Å²) in [6.45, 7) is 3.14. The normalized spacial score (nSPS) is 11.2. The van der Waals surface area contributed by atoms with Crippen LogP contribution in [0.4, 0.5) is 19.1 Å². The number of aromatic nitrogens is 2. The van der Waals surface area contributed by atoms with E-state index in [1.54, 1.807) is 6.26 Å². The van der Waals surface area contributed by atoms with Crippen molar-refractivity contribution in [1.82, 2.24) is 15.3 Å². The van der Waals surface area contributed by atoms with E-state index in [1.807, 2.05) is 7.05 Å². The Kier molecular flexibility index (Phi) is 8.96. The zero-order valence-corrected chi connectivity index (χ0v) is 16.0. The maximum absolute atomic E-state index is 13.2. The molecule has 0 spiro atoms. The lowest BCUT2D eigenvalue weighted by molar-refractivity contribution is -0.137. The predicted molar refractivity (Wildman–Crippen MR) is 103 cm³/mol. The van der Waals surface area contributed by atoms with Gasteiger partial charge in [0.2, 0.25) is 5.95 Å². The fraction of sp³-hybridized carbons (Fsp3) is 0.278. The van der Waals surface area contributed by atoms with Crippen LogP contribution in [-0.2, 0) is 11.0 Å². The van der Waals surface area contributed by atoms with Crippen molar-refractivity contribution in [2.24, 2.45) is 0 Å². The fourth-order valence-electron chi connectivity index (χ4n) is 2.05. The Morgan fingerprint density at radius 2 is 1.89 bits per heavy atom. The van der Waals surface area contributed by atoms with Gasteiger partial charge in [-0.3, -0.25) is 4.79 Å². The van der Waals surface area contributed by atoms with E-state index in [0.29, 0.717) is 16.9 Å². The lowest BCUT2D eigenvalue weighted by atomic mass is 10.0. The Morgan fingerprint density at radius 1 is 1.26 bits per heavy atom.